The molecule has 1 aliphatic heterocycles. The number of rotatable bonds is 4. The Balaban J connectivity index is 1.72. The average Bonchev–Trinajstić information content (AvgIpc) is 3.02. The van der Waals surface area contributed by atoms with E-state index in [1.165, 1.54) is 0 Å². The van der Waals surface area contributed by atoms with Crippen molar-refractivity contribution < 1.29 is 9.15 Å². The fraction of sp³-hybridized carbons (Fsp3) is 0.556. The molecule has 0 saturated carbocycles. The van der Waals surface area contributed by atoms with Crippen LogP contribution in [0.4, 0.5) is 0 Å². The second-order valence-corrected chi connectivity index (χ2v) is 7.42. The van der Waals surface area contributed by atoms with Crippen molar-refractivity contribution in [2.24, 2.45) is 0 Å². The zero-order valence-corrected chi connectivity index (χ0v) is 14.5. The van der Waals surface area contributed by atoms with Gasteiger partial charge in [0.1, 0.15) is 0 Å². The summed E-state index contributed by atoms with van der Waals surface area (Å²) in [5, 5.41) is 11.9. The molecule has 1 aliphatic rings. The molecule has 0 amide bonds. The van der Waals surface area contributed by atoms with E-state index in [1.54, 1.807) is 0 Å². The first kappa shape index (κ1) is 16.1. The number of nitrogens with zero attached hydrogens (tertiary/aromatic N) is 2. The number of ether oxygens (including phenoxy) is 1. The van der Waals surface area contributed by atoms with Crippen molar-refractivity contribution in [1.29, 1.82) is 0 Å². The van der Waals surface area contributed by atoms with Gasteiger partial charge < -0.3 is 14.5 Å². The van der Waals surface area contributed by atoms with Crippen molar-refractivity contribution in [3.05, 3.63) is 36.2 Å². The Bertz CT molecular complexity index is 664. The Morgan fingerprint density at radius 1 is 1.13 bits per heavy atom. The van der Waals surface area contributed by atoms with Gasteiger partial charge in [0, 0.05) is 11.6 Å². The Morgan fingerprint density at radius 2 is 1.83 bits per heavy atom. The molecule has 2 aromatic rings. The second-order valence-electron chi connectivity index (χ2n) is 7.42. The summed E-state index contributed by atoms with van der Waals surface area (Å²) in [5.41, 5.74) is 0.592. The van der Waals surface area contributed by atoms with Crippen LogP contribution in [0.1, 0.15) is 53.0 Å². The smallest absolute Gasteiger partial charge is 0.247 e. The fourth-order valence-electron chi connectivity index (χ4n) is 3.30. The lowest BCUT2D eigenvalue weighted by molar-refractivity contribution is -0.0705. The molecule has 1 fully saturated rings. The summed E-state index contributed by atoms with van der Waals surface area (Å²) in [7, 11) is 0. The predicted octanol–water partition coefficient (Wildman–Crippen LogP) is 3.73. The van der Waals surface area contributed by atoms with Crippen LogP contribution < -0.4 is 5.32 Å². The maximum atomic E-state index is 6.13. The van der Waals surface area contributed by atoms with E-state index in [0.29, 0.717) is 11.8 Å². The number of hydrogen-bond donors (Lipinski definition) is 1. The minimum absolute atomic E-state index is 0.0262. The molecule has 0 spiro atoms. The van der Waals surface area contributed by atoms with Crippen LogP contribution >= 0.6 is 0 Å². The highest BCUT2D eigenvalue weighted by molar-refractivity contribution is 5.51. The largest absolute Gasteiger partial charge is 0.419 e. The summed E-state index contributed by atoms with van der Waals surface area (Å²) >= 11 is 0. The molecular formula is C18H25N3O2. The zero-order valence-electron chi connectivity index (χ0n) is 14.5. The Hall–Kier alpha value is -1.72. The second kappa shape index (κ2) is 5.73. The van der Waals surface area contributed by atoms with Gasteiger partial charge >= 0.3 is 0 Å². The van der Waals surface area contributed by atoms with E-state index in [9.17, 15) is 0 Å². The normalized spacial score (nSPS) is 23.8. The van der Waals surface area contributed by atoms with Gasteiger partial charge in [0.25, 0.3) is 0 Å². The summed E-state index contributed by atoms with van der Waals surface area (Å²) in [6.45, 7) is 10.5. The summed E-state index contributed by atoms with van der Waals surface area (Å²) in [6, 6.07) is 10.0. The van der Waals surface area contributed by atoms with Crippen LogP contribution in [-0.4, -0.2) is 27.4 Å². The maximum absolute atomic E-state index is 6.13. The van der Waals surface area contributed by atoms with Gasteiger partial charge in [-0.1, -0.05) is 18.2 Å². The summed E-state index contributed by atoms with van der Waals surface area (Å²) in [5.74, 6) is 1.15. The monoisotopic (exact) mass is 315 g/mol. The average molecular weight is 315 g/mol. The molecule has 2 unspecified atom stereocenters. The molecular weight excluding hydrogens is 290 g/mol. The maximum Gasteiger partial charge on any atom is 0.247 e. The molecule has 124 valence electrons. The molecule has 0 bridgehead atoms. The fourth-order valence-corrected chi connectivity index (χ4v) is 3.30. The molecule has 2 heterocycles. The quantitative estimate of drug-likeness (QED) is 0.931. The minimum atomic E-state index is -0.222. The molecule has 0 aliphatic carbocycles. The third kappa shape index (κ3) is 3.46. The van der Waals surface area contributed by atoms with Crippen LogP contribution in [0, 0.1) is 0 Å². The molecule has 1 aromatic carbocycles. The van der Waals surface area contributed by atoms with Crippen molar-refractivity contribution >= 4 is 0 Å². The number of hydrogen-bond acceptors (Lipinski definition) is 5. The first-order valence-electron chi connectivity index (χ1n) is 8.12. The van der Waals surface area contributed by atoms with Crippen LogP contribution in [0.15, 0.2) is 34.7 Å². The molecule has 5 heteroatoms. The van der Waals surface area contributed by atoms with E-state index in [1.807, 2.05) is 37.3 Å². The highest BCUT2D eigenvalue weighted by Crippen LogP contribution is 2.38. The first-order valence-corrected chi connectivity index (χ1v) is 8.12. The van der Waals surface area contributed by atoms with E-state index in [0.717, 1.165) is 12.0 Å². The first-order chi connectivity index (χ1) is 10.8. The van der Waals surface area contributed by atoms with E-state index in [-0.39, 0.29) is 23.3 Å². The predicted molar refractivity (Wildman–Crippen MR) is 88.9 cm³/mol. The van der Waals surface area contributed by atoms with Crippen molar-refractivity contribution in [2.45, 2.75) is 64.3 Å². The van der Waals surface area contributed by atoms with Gasteiger partial charge in [-0.25, -0.2) is 0 Å². The van der Waals surface area contributed by atoms with Gasteiger partial charge in [0.05, 0.1) is 17.2 Å². The van der Waals surface area contributed by atoms with Crippen molar-refractivity contribution in [2.75, 3.05) is 0 Å². The van der Waals surface area contributed by atoms with Crippen molar-refractivity contribution in [3.63, 3.8) is 0 Å². The highest BCUT2D eigenvalue weighted by Gasteiger charge is 2.46. The summed E-state index contributed by atoms with van der Waals surface area (Å²) < 4.78 is 12.0. The molecule has 1 saturated heterocycles. The third-order valence-electron chi connectivity index (χ3n) is 4.36. The van der Waals surface area contributed by atoms with E-state index >= 15 is 0 Å². The van der Waals surface area contributed by atoms with Crippen LogP contribution in [0.2, 0.25) is 0 Å². The van der Waals surface area contributed by atoms with Crippen molar-refractivity contribution in [1.82, 2.24) is 15.5 Å². The van der Waals surface area contributed by atoms with Gasteiger partial charge in [0.15, 0.2) is 0 Å². The van der Waals surface area contributed by atoms with Crippen LogP contribution in [0.5, 0.6) is 0 Å². The Labute approximate surface area is 137 Å². The van der Waals surface area contributed by atoms with Crippen LogP contribution in [-0.2, 0) is 4.74 Å². The van der Waals surface area contributed by atoms with E-state index in [2.05, 4.69) is 43.2 Å². The topological polar surface area (TPSA) is 60.2 Å². The lowest BCUT2D eigenvalue weighted by atomic mass is 9.94. The van der Waals surface area contributed by atoms with Crippen LogP contribution in [0.25, 0.3) is 11.5 Å². The van der Waals surface area contributed by atoms with Gasteiger partial charge in [0.2, 0.25) is 11.8 Å². The standard InChI is InChI=1S/C18H25N3O2/c1-12(19-14-11-17(2,3)23-18(14,4)5)15-20-21-16(22-15)13-9-7-6-8-10-13/h6-10,12,14,19H,11H2,1-5H3. The molecule has 1 aromatic heterocycles. The molecule has 1 N–H and O–H groups in total. The molecule has 2 atom stereocenters. The molecule has 5 nitrogen and oxygen atoms in total. The molecule has 23 heavy (non-hydrogen) atoms. The van der Waals surface area contributed by atoms with Crippen molar-refractivity contribution in [3.8, 4) is 11.5 Å². The van der Waals surface area contributed by atoms with Gasteiger partial charge in [-0.15, -0.1) is 10.2 Å². The zero-order chi connectivity index (χ0) is 16.7. The van der Waals surface area contributed by atoms with Gasteiger partial charge in [-0.2, -0.15) is 0 Å². The lowest BCUT2D eigenvalue weighted by Crippen LogP contribution is -2.44. The van der Waals surface area contributed by atoms with Gasteiger partial charge in [-0.05, 0) is 53.2 Å². The molecule has 0 radical (unpaired) electrons. The third-order valence-corrected chi connectivity index (χ3v) is 4.36. The highest BCUT2D eigenvalue weighted by atomic mass is 16.5. The van der Waals surface area contributed by atoms with Crippen LogP contribution in [0.3, 0.4) is 0 Å². The van der Waals surface area contributed by atoms with E-state index < -0.39 is 0 Å². The lowest BCUT2D eigenvalue weighted by Gasteiger charge is -2.29. The summed E-state index contributed by atoms with van der Waals surface area (Å²) in [4.78, 5) is 0. The van der Waals surface area contributed by atoms with E-state index in [4.69, 9.17) is 9.15 Å². The number of aromatic nitrogens is 2. The summed E-state index contributed by atoms with van der Waals surface area (Å²) in [6.07, 6.45) is 0.948. The number of nitrogens with one attached hydrogen (secondary N) is 1. The minimum Gasteiger partial charge on any atom is -0.419 e. The molecule has 3 rings (SSSR count). The van der Waals surface area contributed by atoms with Gasteiger partial charge in [-0.3, -0.25) is 0 Å². The Kier molecular flexibility index (Phi) is 4.02. The SMILES string of the molecule is CC(NC1CC(C)(C)OC1(C)C)c1nnc(-c2ccccc2)o1. The Morgan fingerprint density at radius 3 is 2.43 bits per heavy atom. The number of benzene rings is 1.